The third-order valence-corrected chi connectivity index (χ3v) is 5.48. The van der Waals surface area contributed by atoms with E-state index < -0.39 is 23.3 Å². The Kier molecular flexibility index (Phi) is 7.10. The molecular weight excluding hydrogens is 444 g/mol. The van der Waals surface area contributed by atoms with E-state index in [1.807, 2.05) is 13.8 Å². The van der Waals surface area contributed by atoms with Crippen LogP contribution in [0.15, 0.2) is 53.3 Å². The maximum Gasteiger partial charge on any atom is 0.284 e. The third-order valence-electron chi connectivity index (χ3n) is 4.74. The number of halogens is 3. The molecule has 0 aliphatic carbocycles. The van der Waals surface area contributed by atoms with Crippen molar-refractivity contribution in [3.05, 3.63) is 80.3 Å². The van der Waals surface area contributed by atoms with E-state index in [0.29, 0.717) is 10.6 Å². The number of rotatable bonds is 6. The molecule has 0 saturated heterocycles. The van der Waals surface area contributed by atoms with Crippen molar-refractivity contribution in [3.63, 3.8) is 0 Å². The Morgan fingerprint density at radius 2 is 1.90 bits per heavy atom. The minimum Gasteiger partial charge on any atom is -0.394 e. The summed E-state index contributed by atoms with van der Waals surface area (Å²) < 4.78 is 14.7. The zero-order valence-electron chi connectivity index (χ0n) is 16.8. The van der Waals surface area contributed by atoms with Gasteiger partial charge in [0.2, 0.25) is 0 Å². The Bertz CT molecular complexity index is 1180. The predicted octanol–water partition coefficient (Wildman–Crippen LogP) is 4.09. The van der Waals surface area contributed by atoms with E-state index in [1.165, 1.54) is 24.3 Å². The van der Waals surface area contributed by atoms with Gasteiger partial charge in [-0.2, -0.15) is 9.78 Å². The van der Waals surface area contributed by atoms with E-state index in [0.717, 1.165) is 10.7 Å². The van der Waals surface area contributed by atoms with E-state index in [9.17, 15) is 19.1 Å². The molecule has 162 valence electrons. The lowest BCUT2D eigenvalue weighted by molar-refractivity contribution is 0.0894. The van der Waals surface area contributed by atoms with Crippen LogP contribution in [0, 0.1) is 11.7 Å². The molecule has 1 heterocycles. The number of nitrogens with one attached hydrogen (secondary N) is 1. The lowest BCUT2D eigenvalue weighted by Crippen LogP contribution is -2.43. The Hall–Kier alpha value is -2.74. The van der Waals surface area contributed by atoms with Crippen molar-refractivity contribution < 1.29 is 14.3 Å². The molecule has 0 aliphatic rings. The van der Waals surface area contributed by atoms with Gasteiger partial charge in [0.25, 0.3) is 11.5 Å². The summed E-state index contributed by atoms with van der Waals surface area (Å²) in [6.45, 7) is 3.38. The van der Waals surface area contributed by atoms with Crippen molar-refractivity contribution in [3.8, 4) is 16.9 Å². The number of benzene rings is 2. The number of carbonyl (C=O) groups excluding carboxylic acids is 1. The largest absolute Gasteiger partial charge is 0.394 e. The molecule has 0 fully saturated rings. The summed E-state index contributed by atoms with van der Waals surface area (Å²) >= 11 is 12.1. The predicted molar refractivity (Wildman–Crippen MR) is 118 cm³/mol. The number of hydrogen-bond donors (Lipinski definition) is 2. The van der Waals surface area contributed by atoms with Crippen molar-refractivity contribution >= 4 is 29.1 Å². The minimum absolute atomic E-state index is 0.0595. The second kappa shape index (κ2) is 9.60. The summed E-state index contributed by atoms with van der Waals surface area (Å²) in [5.74, 6) is -1.29. The van der Waals surface area contributed by atoms with Crippen LogP contribution in [-0.2, 0) is 0 Å². The van der Waals surface area contributed by atoms with Crippen LogP contribution >= 0.6 is 23.2 Å². The summed E-state index contributed by atoms with van der Waals surface area (Å²) in [4.78, 5) is 26.0. The smallest absolute Gasteiger partial charge is 0.284 e. The van der Waals surface area contributed by atoms with Gasteiger partial charge in [0.05, 0.1) is 34.1 Å². The number of nitrogens with zero attached hydrogens (tertiary/aromatic N) is 2. The first-order valence-corrected chi connectivity index (χ1v) is 10.2. The Morgan fingerprint density at radius 1 is 1.16 bits per heavy atom. The van der Waals surface area contributed by atoms with Gasteiger partial charge >= 0.3 is 0 Å². The number of aromatic nitrogens is 2. The highest BCUT2D eigenvalue weighted by atomic mass is 35.5. The van der Waals surface area contributed by atoms with Crippen molar-refractivity contribution in [1.29, 1.82) is 0 Å². The molecule has 3 rings (SSSR count). The fourth-order valence-corrected chi connectivity index (χ4v) is 3.20. The van der Waals surface area contributed by atoms with Crippen LogP contribution in [0.25, 0.3) is 16.9 Å². The van der Waals surface area contributed by atoms with Gasteiger partial charge < -0.3 is 10.4 Å². The molecule has 0 radical (unpaired) electrons. The first kappa shape index (κ1) is 22.9. The van der Waals surface area contributed by atoms with Crippen LogP contribution in [0.4, 0.5) is 4.39 Å². The highest BCUT2D eigenvalue weighted by molar-refractivity contribution is 6.42. The molecule has 0 bridgehead atoms. The van der Waals surface area contributed by atoms with E-state index in [4.69, 9.17) is 23.2 Å². The first-order chi connectivity index (χ1) is 14.7. The molecule has 2 N–H and O–H groups in total. The minimum atomic E-state index is -0.729. The van der Waals surface area contributed by atoms with E-state index >= 15 is 0 Å². The zero-order chi connectivity index (χ0) is 22.7. The van der Waals surface area contributed by atoms with Crippen molar-refractivity contribution in [2.24, 2.45) is 5.92 Å². The molecule has 0 spiro atoms. The monoisotopic (exact) mass is 463 g/mol. The third kappa shape index (κ3) is 5.12. The van der Waals surface area contributed by atoms with Crippen LogP contribution in [0.3, 0.4) is 0 Å². The van der Waals surface area contributed by atoms with E-state index in [2.05, 4.69) is 10.4 Å². The topological polar surface area (TPSA) is 84.2 Å². The summed E-state index contributed by atoms with van der Waals surface area (Å²) in [6, 6.07) is 10.9. The van der Waals surface area contributed by atoms with Crippen LogP contribution in [0.2, 0.25) is 10.0 Å². The molecule has 1 amide bonds. The fourth-order valence-electron chi connectivity index (χ4n) is 2.91. The maximum absolute atomic E-state index is 13.8. The molecule has 0 saturated carbocycles. The van der Waals surface area contributed by atoms with Gasteiger partial charge in [-0.15, -0.1) is 0 Å². The lowest BCUT2D eigenvalue weighted by Gasteiger charge is -2.20. The van der Waals surface area contributed by atoms with Gasteiger partial charge in [-0.25, -0.2) is 4.39 Å². The lowest BCUT2D eigenvalue weighted by atomic mass is 10.0. The fraction of sp³-hybridized carbons (Fsp3) is 0.227. The molecule has 3 aromatic rings. The zero-order valence-corrected chi connectivity index (χ0v) is 18.3. The molecule has 0 aliphatic heterocycles. The normalized spacial score (nSPS) is 12.1. The maximum atomic E-state index is 13.8. The van der Waals surface area contributed by atoms with Crippen LogP contribution < -0.4 is 10.9 Å². The van der Waals surface area contributed by atoms with Crippen LogP contribution in [0.5, 0.6) is 0 Å². The Morgan fingerprint density at radius 3 is 2.52 bits per heavy atom. The van der Waals surface area contributed by atoms with Gasteiger partial charge in [0.15, 0.2) is 0 Å². The molecule has 1 aromatic heterocycles. The SMILES string of the molecule is CC(C)[C@@H](CO)NC(=O)c1cc(-c2ccc(Cl)c(Cl)c2)nn(-c2cccc(F)c2)c1=O. The number of aliphatic hydroxyl groups is 1. The molecule has 2 aromatic carbocycles. The summed E-state index contributed by atoms with van der Waals surface area (Å²) in [6.07, 6.45) is 0. The average Bonchev–Trinajstić information content (AvgIpc) is 2.73. The number of hydrogen-bond acceptors (Lipinski definition) is 4. The van der Waals surface area contributed by atoms with Crippen LogP contribution in [0.1, 0.15) is 24.2 Å². The Labute approximate surface area is 188 Å². The van der Waals surface area contributed by atoms with Gasteiger partial charge in [-0.05, 0) is 42.3 Å². The molecular formula is C22H20Cl2FN3O3. The van der Waals surface area contributed by atoms with E-state index in [1.54, 1.807) is 18.2 Å². The molecule has 31 heavy (non-hydrogen) atoms. The second-order valence-corrected chi connectivity index (χ2v) is 8.09. The highest BCUT2D eigenvalue weighted by Gasteiger charge is 2.22. The molecule has 9 heteroatoms. The Balaban J connectivity index is 2.19. The summed E-state index contributed by atoms with van der Waals surface area (Å²) in [7, 11) is 0. The van der Waals surface area contributed by atoms with E-state index in [-0.39, 0.29) is 34.5 Å². The van der Waals surface area contributed by atoms with Gasteiger partial charge in [0.1, 0.15) is 11.4 Å². The summed E-state index contributed by atoms with van der Waals surface area (Å²) in [5.41, 5.74) is -0.0100. The first-order valence-electron chi connectivity index (χ1n) is 9.48. The average molecular weight is 464 g/mol. The highest BCUT2D eigenvalue weighted by Crippen LogP contribution is 2.27. The van der Waals surface area contributed by atoms with Gasteiger partial charge in [-0.3, -0.25) is 9.59 Å². The number of carbonyl (C=O) groups is 1. The van der Waals surface area contributed by atoms with Crippen molar-refractivity contribution in [1.82, 2.24) is 15.1 Å². The molecule has 1 atom stereocenters. The van der Waals surface area contributed by atoms with Crippen molar-refractivity contribution in [2.45, 2.75) is 19.9 Å². The molecule has 6 nitrogen and oxygen atoms in total. The number of amides is 1. The van der Waals surface area contributed by atoms with Crippen molar-refractivity contribution in [2.75, 3.05) is 6.61 Å². The molecule has 0 unspecified atom stereocenters. The quantitative estimate of drug-likeness (QED) is 0.576. The van der Waals surface area contributed by atoms with Crippen LogP contribution in [-0.4, -0.2) is 33.4 Å². The number of aliphatic hydroxyl groups excluding tert-OH is 1. The second-order valence-electron chi connectivity index (χ2n) is 7.28. The van der Waals surface area contributed by atoms with Gasteiger partial charge in [-0.1, -0.05) is 49.2 Å². The standard InChI is InChI=1S/C22H20Cl2FN3O3/c1-12(2)20(11-29)26-21(30)16-10-19(13-6-7-17(23)18(24)8-13)27-28(22(16)31)15-5-3-4-14(25)9-15/h3-10,12,20,29H,11H2,1-2H3,(H,26,30)/t20-/m1/s1. The van der Waals surface area contributed by atoms with Gasteiger partial charge in [0, 0.05) is 5.56 Å². The summed E-state index contributed by atoms with van der Waals surface area (Å²) in [5, 5.41) is 17.1.